The number of aliphatic carboxylic acids is 4. The van der Waals surface area contributed by atoms with Crippen molar-refractivity contribution < 1.29 is 44.4 Å². The summed E-state index contributed by atoms with van der Waals surface area (Å²) in [6, 6.07) is 21.8. The van der Waals surface area contributed by atoms with Crippen molar-refractivity contribution in [3.05, 3.63) is 94.3 Å². The normalized spacial score (nSPS) is 15.4. The molecule has 1 aromatic heterocycles. The van der Waals surface area contributed by atoms with Crippen LogP contribution in [-0.2, 0) is 49.7 Å². The lowest BCUT2D eigenvalue weighted by atomic mass is 9.92. The molecule has 1 aliphatic heterocycles. The number of hydrogen-bond acceptors (Lipinski definition) is 8. The number of anilines is 1. The van der Waals surface area contributed by atoms with Gasteiger partial charge < -0.3 is 25.7 Å². The van der Waals surface area contributed by atoms with Crippen molar-refractivity contribution in [1.29, 1.82) is 0 Å². The number of fused-ring (bicyclic) bond motifs is 2. The second-order valence-electron chi connectivity index (χ2n) is 11.7. The van der Waals surface area contributed by atoms with Crippen molar-refractivity contribution >= 4 is 35.5 Å². The third kappa shape index (κ3) is 9.69. The lowest BCUT2D eigenvalue weighted by molar-refractivity contribution is -0.159. The molecule has 0 bridgehead atoms. The number of aryl methyl sites for hydroxylation is 2. The molecule has 1 saturated heterocycles. The second kappa shape index (κ2) is 17.1. The number of carboxylic acid groups (broad SMARTS) is 4. The Kier molecular flexibility index (Phi) is 12.7. The molecule has 254 valence electrons. The molecule has 48 heavy (non-hydrogen) atoms. The van der Waals surface area contributed by atoms with Gasteiger partial charge in [-0.15, -0.1) is 0 Å². The van der Waals surface area contributed by atoms with E-state index in [0.717, 1.165) is 64.0 Å². The van der Waals surface area contributed by atoms with Crippen LogP contribution in [0.1, 0.15) is 58.9 Å². The van der Waals surface area contributed by atoms with Gasteiger partial charge in [0.1, 0.15) is 0 Å². The molecule has 5 N–H and O–H groups in total. The Morgan fingerprint density at radius 3 is 1.54 bits per heavy atom. The molecule has 0 radical (unpaired) electrons. The Morgan fingerprint density at radius 1 is 0.625 bits per heavy atom. The fourth-order valence-corrected chi connectivity index (χ4v) is 6.34. The smallest absolute Gasteiger partial charge is 0.414 e. The minimum Gasteiger partial charge on any atom is -0.473 e. The van der Waals surface area contributed by atoms with Gasteiger partial charge in [-0.1, -0.05) is 60.7 Å². The van der Waals surface area contributed by atoms with E-state index in [2.05, 4.69) is 75.8 Å². The summed E-state index contributed by atoms with van der Waals surface area (Å²) in [4.78, 5) is 59.5. The number of nitrogens with zero attached hydrogens (tertiary/aromatic N) is 3. The molecule has 0 unspecified atom stereocenters. The number of carboxylic acids is 4. The number of carbonyl (C=O) groups is 5. The standard InChI is InChI=1S/C31H36N4O.2C2H2O4/c36-29(33-30-25-14-7-8-16-27(25)32-28-17-9-15-26(28)30)22-34-18-20-35(21-19-34)31(23-10-3-1-4-11-23)24-12-5-2-6-13-24;2*3-1(4)2(5)6/h1-6,10-13,31H,7-9,14-22H2,(H,32,33,36);2*(H,3,4)(H,5,6). The summed E-state index contributed by atoms with van der Waals surface area (Å²) in [5.74, 6) is -7.17. The minimum atomic E-state index is -1.82. The molecule has 2 aromatic carbocycles. The molecule has 13 nitrogen and oxygen atoms in total. The van der Waals surface area contributed by atoms with E-state index in [9.17, 15) is 4.79 Å². The zero-order chi connectivity index (χ0) is 34.6. The van der Waals surface area contributed by atoms with Gasteiger partial charge in [-0.3, -0.25) is 19.6 Å². The number of amides is 1. The zero-order valence-corrected chi connectivity index (χ0v) is 26.5. The summed E-state index contributed by atoms with van der Waals surface area (Å²) in [7, 11) is 0. The van der Waals surface area contributed by atoms with Crippen LogP contribution in [0.15, 0.2) is 60.7 Å². The summed E-state index contributed by atoms with van der Waals surface area (Å²) in [6.45, 7) is 4.15. The largest absolute Gasteiger partial charge is 0.473 e. The molecule has 3 aromatic rings. The van der Waals surface area contributed by atoms with E-state index in [1.54, 1.807) is 0 Å². The number of piperazine rings is 1. The van der Waals surface area contributed by atoms with E-state index in [4.69, 9.17) is 44.6 Å². The molecule has 2 heterocycles. The van der Waals surface area contributed by atoms with E-state index in [0.29, 0.717) is 6.54 Å². The number of rotatable bonds is 6. The number of aromatic nitrogens is 1. The molecule has 2 aliphatic carbocycles. The zero-order valence-electron chi connectivity index (χ0n) is 26.5. The van der Waals surface area contributed by atoms with Gasteiger partial charge in [0.05, 0.1) is 18.3 Å². The third-order valence-corrected chi connectivity index (χ3v) is 8.50. The average Bonchev–Trinajstić information content (AvgIpc) is 3.56. The molecule has 0 atom stereocenters. The van der Waals surface area contributed by atoms with Crippen molar-refractivity contribution in [1.82, 2.24) is 14.8 Å². The monoisotopic (exact) mass is 660 g/mol. The molecule has 1 amide bonds. The van der Waals surface area contributed by atoms with Crippen LogP contribution in [0, 0.1) is 0 Å². The number of benzene rings is 2. The summed E-state index contributed by atoms with van der Waals surface area (Å²) >= 11 is 0. The Balaban J connectivity index is 0.000000373. The van der Waals surface area contributed by atoms with Gasteiger partial charge >= 0.3 is 23.9 Å². The molecule has 13 heteroatoms. The summed E-state index contributed by atoms with van der Waals surface area (Å²) in [5, 5.41) is 32.9. The van der Waals surface area contributed by atoms with Gasteiger partial charge in [0.25, 0.3) is 0 Å². The van der Waals surface area contributed by atoms with Crippen LogP contribution in [0.4, 0.5) is 5.69 Å². The number of pyridine rings is 1. The van der Waals surface area contributed by atoms with Crippen LogP contribution in [0.2, 0.25) is 0 Å². The maximum absolute atomic E-state index is 13.2. The van der Waals surface area contributed by atoms with E-state index in [-0.39, 0.29) is 11.9 Å². The molecule has 1 fully saturated rings. The number of carbonyl (C=O) groups excluding carboxylic acids is 1. The number of nitrogens with one attached hydrogen (secondary N) is 1. The van der Waals surface area contributed by atoms with Crippen LogP contribution in [0.5, 0.6) is 0 Å². The Morgan fingerprint density at radius 2 is 1.06 bits per heavy atom. The highest BCUT2D eigenvalue weighted by Gasteiger charge is 2.29. The van der Waals surface area contributed by atoms with Crippen molar-refractivity contribution in [3.8, 4) is 0 Å². The summed E-state index contributed by atoms with van der Waals surface area (Å²) < 4.78 is 0. The Bertz CT molecular complexity index is 1520. The topological polar surface area (TPSA) is 198 Å². The predicted octanol–water partition coefficient (Wildman–Crippen LogP) is 3.11. The van der Waals surface area contributed by atoms with Gasteiger partial charge in [0.15, 0.2) is 0 Å². The maximum Gasteiger partial charge on any atom is 0.414 e. The molecule has 6 rings (SSSR count). The Hall–Kier alpha value is -5.14. The van der Waals surface area contributed by atoms with Crippen molar-refractivity contribution in [2.24, 2.45) is 0 Å². The van der Waals surface area contributed by atoms with Crippen molar-refractivity contribution in [2.45, 2.75) is 51.0 Å². The summed E-state index contributed by atoms with van der Waals surface area (Å²) in [5.41, 5.74) is 8.85. The highest BCUT2D eigenvalue weighted by atomic mass is 16.4. The fraction of sp³-hybridized carbons (Fsp3) is 0.371. The maximum atomic E-state index is 13.2. The lowest BCUT2D eigenvalue weighted by Crippen LogP contribution is -2.49. The van der Waals surface area contributed by atoms with E-state index in [1.807, 2.05) is 0 Å². The van der Waals surface area contributed by atoms with Gasteiger partial charge in [0.2, 0.25) is 5.91 Å². The van der Waals surface area contributed by atoms with Gasteiger partial charge in [-0.2, -0.15) is 0 Å². The third-order valence-electron chi connectivity index (χ3n) is 8.50. The highest BCUT2D eigenvalue weighted by Crippen LogP contribution is 2.36. The number of hydrogen-bond donors (Lipinski definition) is 5. The molecular formula is C35H40N4O9. The lowest BCUT2D eigenvalue weighted by Gasteiger charge is -2.39. The molecule has 3 aliphatic rings. The first-order valence-corrected chi connectivity index (χ1v) is 15.9. The van der Waals surface area contributed by atoms with Crippen LogP contribution < -0.4 is 5.32 Å². The van der Waals surface area contributed by atoms with E-state index < -0.39 is 23.9 Å². The van der Waals surface area contributed by atoms with Crippen LogP contribution in [0.3, 0.4) is 0 Å². The predicted molar refractivity (Wildman–Crippen MR) is 175 cm³/mol. The minimum absolute atomic E-state index is 0.124. The SMILES string of the molecule is O=C(CN1CCN(C(c2ccccc2)c2ccccc2)CC1)Nc1c2c(nc3c1CCC3)CCCC2.O=C(O)C(=O)O.O=C(O)C(=O)O. The van der Waals surface area contributed by atoms with Crippen molar-refractivity contribution in [2.75, 3.05) is 38.0 Å². The first-order valence-electron chi connectivity index (χ1n) is 15.9. The van der Waals surface area contributed by atoms with Crippen molar-refractivity contribution in [3.63, 3.8) is 0 Å². The van der Waals surface area contributed by atoms with Crippen LogP contribution >= 0.6 is 0 Å². The van der Waals surface area contributed by atoms with Gasteiger partial charge in [-0.25, -0.2) is 19.2 Å². The highest BCUT2D eigenvalue weighted by molar-refractivity contribution is 6.27. The van der Waals surface area contributed by atoms with Crippen LogP contribution in [-0.4, -0.2) is 97.7 Å². The first kappa shape index (κ1) is 35.7. The van der Waals surface area contributed by atoms with Crippen LogP contribution in [0.25, 0.3) is 0 Å². The first-order chi connectivity index (χ1) is 23.0. The molecule has 0 spiro atoms. The van der Waals surface area contributed by atoms with E-state index >= 15 is 0 Å². The molecule has 0 saturated carbocycles. The van der Waals surface area contributed by atoms with Gasteiger partial charge in [0, 0.05) is 37.6 Å². The Labute approximate surface area is 277 Å². The van der Waals surface area contributed by atoms with E-state index in [1.165, 1.54) is 46.5 Å². The second-order valence-corrected chi connectivity index (χ2v) is 11.7. The fourth-order valence-electron chi connectivity index (χ4n) is 6.34. The van der Waals surface area contributed by atoms with Gasteiger partial charge in [-0.05, 0) is 67.2 Å². The molecular weight excluding hydrogens is 620 g/mol. The quantitative estimate of drug-likeness (QED) is 0.243. The summed E-state index contributed by atoms with van der Waals surface area (Å²) in [6.07, 6.45) is 7.76. The average molecular weight is 661 g/mol.